The SMILES string of the molecule is CC.CC(=O)CNN.Cc1c[nH]c2ccccc12. The Bertz CT molecular complexity index is 463. The number of ketones is 1. The predicted octanol–water partition coefficient (Wildman–Crippen LogP) is 2.54. The molecule has 0 saturated carbocycles. The van der Waals surface area contributed by atoms with Crippen LogP contribution in [0.4, 0.5) is 0 Å². The van der Waals surface area contributed by atoms with Crippen LogP contribution in [-0.4, -0.2) is 17.3 Å². The molecule has 0 aliphatic heterocycles. The van der Waals surface area contributed by atoms with Crippen molar-refractivity contribution in [1.82, 2.24) is 10.4 Å². The van der Waals surface area contributed by atoms with E-state index in [1.807, 2.05) is 26.1 Å². The molecular weight excluding hydrogens is 226 g/mol. The van der Waals surface area contributed by atoms with Crippen LogP contribution in [0.5, 0.6) is 0 Å². The largest absolute Gasteiger partial charge is 0.361 e. The molecule has 2 rings (SSSR count). The highest BCUT2D eigenvalue weighted by molar-refractivity contribution is 5.82. The highest BCUT2D eigenvalue weighted by Gasteiger charge is 1.94. The number of benzene rings is 1. The number of hydrogen-bond acceptors (Lipinski definition) is 3. The standard InChI is InChI=1S/C9H9N.C3H8N2O.C2H6/c1-7-6-10-9-5-3-2-4-8(7)9;1-3(6)2-5-4;1-2/h2-6,10H,1H3;5H,2,4H2,1H3;1-2H3. The number of carbonyl (C=O) groups excluding carboxylic acids is 1. The molecule has 0 saturated heterocycles. The number of nitrogens with two attached hydrogens (primary N) is 1. The van der Waals surface area contributed by atoms with E-state index in [1.54, 1.807) is 0 Å². The van der Waals surface area contributed by atoms with E-state index in [0.29, 0.717) is 0 Å². The smallest absolute Gasteiger partial charge is 0.144 e. The zero-order chi connectivity index (χ0) is 14.0. The number of aromatic nitrogens is 1. The molecular formula is C14H23N3O. The summed E-state index contributed by atoms with van der Waals surface area (Å²) >= 11 is 0. The molecule has 0 fully saturated rings. The molecule has 18 heavy (non-hydrogen) atoms. The van der Waals surface area contributed by atoms with E-state index >= 15 is 0 Å². The lowest BCUT2D eigenvalue weighted by molar-refractivity contribution is -0.116. The van der Waals surface area contributed by atoms with E-state index in [-0.39, 0.29) is 12.3 Å². The summed E-state index contributed by atoms with van der Waals surface area (Å²) in [5.74, 6) is 4.81. The predicted molar refractivity (Wildman–Crippen MR) is 77.3 cm³/mol. The average Bonchev–Trinajstić information content (AvgIpc) is 2.75. The van der Waals surface area contributed by atoms with E-state index in [4.69, 9.17) is 5.84 Å². The summed E-state index contributed by atoms with van der Waals surface area (Å²) < 4.78 is 0. The van der Waals surface area contributed by atoms with Crippen LogP contribution in [0.1, 0.15) is 26.3 Å². The number of H-pyrrole nitrogens is 1. The minimum Gasteiger partial charge on any atom is -0.361 e. The summed E-state index contributed by atoms with van der Waals surface area (Å²) in [5.41, 5.74) is 4.76. The summed E-state index contributed by atoms with van der Waals surface area (Å²) in [6.45, 7) is 7.85. The second-order valence-electron chi connectivity index (χ2n) is 3.60. The summed E-state index contributed by atoms with van der Waals surface area (Å²) in [7, 11) is 0. The van der Waals surface area contributed by atoms with Gasteiger partial charge in [-0.3, -0.25) is 16.1 Å². The number of nitrogens with one attached hydrogen (secondary N) is 2. The summed E-state index contributed by atoms with van der Waals surface area (Å²) in [4.78, 5) is 13.1. The fourth-order valence-corrected chi connectivity index (χ4v) is 1.36. The first-order valence-electron chi connectivity index (χ1n) is 6.10. The van der Waals surface area contributed by atoms with E-state index in [9.17, 15) is 4.79 Å². The maximum Gasteiger partial charge on any atom is 0.144 e. The molecule has 100 valence electrons. The number of Topliss-reactive ketones (excluding diaryl/α,β-unsaturated/α-hetero) is 1. The summed E-state index contributed by atoms with van der Waals surface area (Å²) in [6.07, 6.45) is 2.03. The Kier molecular flexibility index (Phi) is 8.53. The Balaban J connectivity index is 0.000000315. The van der Waals surface area contributed by atoms with Gasteiger partial charge in [0.25, 0.3) is 0 Å². The summed E-state index contributed by atoms with van der Waals surface area (Å²) in [5, 5.41) is 1.32. The van der Waals surface area contributed by atoms with Gasteiger partial charge in [0.1, 0.15) is 5.78 Å². The van der Waals surface area contributed by atoms with E-state index in [2.05, 4.69) is 35.5 Å². The minimum atomic E-state index is 0.0532. The number of rotatable bonds is 2. The molecule has 4 nitrogen and oxygen atoms in total. The number of para-hydroxylation sites is 1. The molecule has 1 aromatic heterocycles. The number of fused-ring (bicyclic) bond motifs is 1. The highest BCUT2D eigenvalue weighted by atomic mass is 16.1. The molecule has 0 radical (unpaired) electrons. The summed E-state index contributed by atoms with van der Waals surface area (Å²) in [6, 6.07) is 8.31. The number of hydrazine groups is 1. The fourth-order valence-electron chi connectivity index (χ4n) is 1.36. The third-order valence-electron chi connectivity index (χ3n) is 2.15. The molecule has 0 bridgehead atoms. The molecule has 0 aliphatic carbocycles. The van der Waals surface area contributed by atoms with Crippen LogP contribution in [0.2, 0.25) is 0 Å². The van der Waals surface area contributed by atoms with Gasteiger partial charge >= 0.3 is 0 Å². The van der Waals surface area contributed by atoms with Gasteiger partial charge in [-0.2, -0.15) is 0 Å². The van der Waals surface area contributed by atoms with Crippen LogP contribution in [0.25, 0.3) is 10.9 Å². The van der Waals surface area contributed by atoms with Crippen LogP contribution < -0.4 is 11.3 Å². The van der Waals surface area contributed by atoms with Gasteiger partial charge in [-0.15, -0.1) is 0 Å². The Labute approximate surface area is 109 Å². The molecule has 2 aromatic rings. The molecule has 4 heteroatoms. The van der Waals surface area contributed by atoms with Crippen molar-refractivity contribution in [1.29, 1.82) is 0 Å². The van der Waals surface area contributed by atoms with Crippen LogP contribution in [0.3, 0.4) is 0 Å². The van der Waals surface area contributed by atoms with Crippen molar-refractivity contribution in [3.63, 3.8) is 0 Å². The minimum absolute atomic E-state index is 0.0532. The average molecular weight is 249 g/mol. The van der Waals surface area contributed by atoms with Gasteiger partial charge in [0.2, 0.25) is 0 Å². The molecule has 4 N–H and O–H groups in total. The zero-order valence-electron chi connectivity index (χ0n) is 11.6. The molecule has 0 unspecified atom stereocenters. The number of aromatic amines is 1. The van der Waals surface area contributed by atoms with Crippen LogP contribution in [0, 0.1) is 6.92 Å². The Morgan fingerprint density at radius 1 is 1.33 bits per heavy atom. The molecule has 0 amide bonds. The third-order valence-corrected chi connectivity index (χ3v) is 2.15. The van der Waals surface area contributed by atoms with Gasteiger partial charge in [-0.05, 0) is 25.5 Å². The van der Waals surface area contributed by atoms with Crippen molar-refractivity contribution >= 4 is 16.7 Å². The quantitative estimate of drug-likeness (QED) is 0.566. The van der Waals surface area contributed by atoms with E-state index < -0.39 is 0 Å². The Morgan fingerprint density at radius 2 is 1.94 bits per heavy atom. The van der Waals surface area contributed by atoms with Crippen LogP contribution >= 0.6 is 0 Å². The number of carbonyl (C=O) groups is 1. The van der Waals surface area contributed by atoms with Gasteiger partial charge in [-0.1, -0.05) is 32.0 Å². The molecule has 1 aromatic carbocycles. The lowest BCUT2D eigenvalue weighted by atomic mass is 10.2. The molecule has 0 atom stereocenters. The monoisotopic (exact) mass is 249 g/mol. The molecule has 1 heterocycles. The normalized spacial score (nSPS) is 8.94. The molecule has 0 spiro atoms. The van der Waals surface area contributed by atoms with E-state index in [0.717, 1.165) is 0 Å². The maximum atomic E-state index is 9.90. The zero-order valence-corrected chi connectivity index (χ0v) is 11.6. The van der Waals surface area contributed by atoms with Crippen molar-refractivity contribution in [2.75, 3.05) is 6.54 Å². The first kappa shape index (κ1) is 16.4. The van der Waals surface area contributed by atoms with Crippen LogP contribution in [0.15, 0.2) is 30.5 Å². The second kappa shape index (κ2) is 9.39. The van der Waals surface area contributed by atoms with Crippen molar-refractivity contribution < 1.29 is 4.79 Å². The fraction of sp³-hybridized carbons (Fsp3) is 0.357. The Hall–Kier alpha value is -1.65. The number of aryl methyl sites for hydroxylation is 1. The van der Waals surface area contributed by atoms with Crippen molar-refractivity contribution in [3.8, 4) is 0 Å². The number of hydrogen-bond donors (Lipinski definition) is 3. The third kappa shape index (κ3) is 5.61. The van der Waals surface area contributed by atoms with Crippen molar-refractivity contribution in [2.45, 2.75) is 27.7 Å². The van der Waals surface area contributed by atoms with Gasteiger partial charge in [0.15, 0.2) is 0 Å². The second-order valence-corrected chi connectivity index (χ2v) is 3.60. The van der Waals surface area contributed by atoms with E-state index in [1.165, 1.54) is 23.4 Å². The van der Waals surface area contributed by atoms with Crippen molar-refractivity contribution in [2.24, 2.45) is 5.84 Å². The van der Waals surface area contributed by atoms with Gasteiger partial charge < -0.3 is 4.98 Å². The van der Waals surface area contributed by atoms with Crippen LogP contribution in [-0.2, 0) is 4.79 Å². The highest BCUT2D eigenvalue weighted by Crippen LogP contribution is 2.15. The topological polar surface area (TPSA) is 70.9 Å². The lowest BCUT2D eigenvalue weighted by Gasteiger charge is -1.86. The molecule has 0 aliphatic rings. The lowest BCUT2D eigenvalue weighted by Crippen LogP contribution is -2.27. The van der Waals surface area contributed by atoms with Gasteiger partial charge in [-0.25, -0.2) is 0 Å². The first-order chi connectivity index (χ1) is 8.65. The van der Waals surface area contributed by atoms with Gasteiger partial charge in [0, 0.05) is 17.1 Å². The Morgan fingerprint density at radius 3 is 2.39 bits per heavy atom. The van der Waals surface area contributed by atoms with Crippen molar-refractivity contribution in [3.05, 3.63) is 36.0 Å². The maximum absolute atomic E-state index is 9.90. The van der Waals surface area contributed by atoms with Gasteiger partial charge in [0.05, 0.1) is 6.54 Å². The first-order valence-corrected chi connectivity index (χ1v) is 6.10.